The summed E-state index contributed by atoms with van der Waals surface area (Å²) in [5, 5.41) is 9.00. The minimum absolute atomic E-state index is 0.0252. The topological polar surface area (TPSA) is 87.8 Å². The van der Waals surface area contributed by atoms with Crippen LogP contribution in [0.5, 0.6) is 0 Å². The van der Waals surface area contributed by atoms with Crippen molar-refractivity contribution in [1.29, 1.82) is 0 Å². The van der Waals surface area contributed by atoms with Crippen LogP contribution in [-0.2, 0) is 4.79 Å². The SMILES string of the molecule is CCCN1C(=O)S/C(=C\c2ccc(-c3ccc(Cl)c(C(=O)O)c3)o2)C1=O. The fraction of sp³-hybridized carbons (Fsp3) is 0.167. The molecule has 1 saturated heterocycles. The van der Waals surface area contributed by atoms with Crippen LogP contribution in [0.3, 0.4) is 0 Å². The molecule has 1 aliphatic rings. The van der Waals surface area contributed by atoms with Crippen molar-refractivity contribution in [3.63, 3.8) is 0 Å². The van der Waals surface area contributed by atoms with Gasteiger partial charge in [-0.3, -0.25) is 14.5 Å². The largest absolute Gasteiger partial charge is 0.478 e. The summed E-state index contributed by atoms with van der Waals surface area (Å²) in [5.41, 5.74) is 0.522. The lowest BCUT2D eigenvalue weighted by Gasteiger charge is -2.09. The average Bonchev–Trinajstić information content (AvgIpc) is 3.16. The van der Waals surface area contributed by atoms with E-state index in [9.17, 15) is 14.4 Å². The third-order valence-corrected chi connectivity index (χ3v) is 4.94. The van der Waals surface area contributed by atoms with Crippen molar-refractivity contribution in [2.75, 3.05) is 6.54 Å². The summed E-state index contributed by atoms with van der Waals surface area (Å²) < 4.78 is 5.68. The molecule has 2 amide bonds. The van der Waals surface area contributed by atoms with Gasteiger partial charge in [-0.05, 0) is 48.5 Å². The number of furan rings is 1. The van der Waals surface area contributed by atoms with Gasteiger partial charge in [0, 0.05) is 18.2 Å². The van der Waals surface area contributed by atoms with Gasteiger partial charge in [0.25, 0.3) is 11.1 Å². The number of aromatic carboxylic acids is 1. The van der Waals surface area contributed by atoms with E-state index in [1.807, 2.05) is 6.92 Å². The van der Waals surface area contributed by atoms with Crippen LogP contribution < -0.4 is 0 Å². The van der Waals surface area contributed by atoms with Crippen molar-refractivity contribution < 1.29 is 23.9 Å². The summed E-state index contributed by atoms with van der Waals surface area (Å²) in [5.74, 6) is -0.635. The van der Waals surface area contributed by atoms with Gasteiger partial charge in [-0.2, -0.15) is 0 Å². The van der Waals surface area contributed by atoms with Gasteiger partial charge in [-0.15, -0.1) is 0 Å². The zero-order valence-corrected chi connectivity index (χ0v) is 15.3. The standard InChI is InChI=1S/C18H14ClNO5S/c1-2-7-20-16(21)15(26-18(20)24)9-11-4-6-14(25-11)10-3-5-13(19)12(8-10)17(22)23/h3-6,8-9H,2,7H2,1H3,(H,22,23)/b15-9-. The maximum atomic E-state index is 12.2. The number of carboxylic acids is 1. The summed E-state index contributed by atoms with van der Waals surface area (Å²) in [4.78, 5) is 36.8. The van der Waals surface area contributed by atoms with E-state index in [0.29, 0.717) is 35.0 Å². The van der Waals surface area contributed by atoms with Crippen LogP contribution >= 0.6 is 23.4 Å². The van der Waals surface area contributed by atoms with Crippen LogP contribution in [-0.4, -0.2) is 33.7 Å². The molecule has 0 atom stereocenters. The highest BCUT2D eigenvalue weighted by Gasteiger charge is 2.34. The van der Waals surface area contributed by atoms with E-state index in [1.165, 1.54) is 23.1 Å². The Kier molecular flexibility index (Phi) is 5.20. The van der Waals surface area contributed by atoms with E-state index in [4.69, 9.17) is 21.1 Å². The molecule has 6 nitrogen and oxygen atoms in total. The molecule has 3 rings (SSSR count). The summed E-state index contributed by atoms with van der Waals surface area (Å²) in [7, 11) is 0. The minimum Gasteiger partial charge on any atom is -0.478 e. The summed E-state index contributed by atoms with van der Waals surface area (Å²) >= 11 is 6.74. The fourth-order valence-electron chi connectivity index (χ4n) is 2.47. The molecule has 1 aromatic heterocycles. The Bertz CT molecular complexity index is 933. The molecule has 2 aromatic rings. The number of thioether (sulfide) groups is 1. The van der Waals surface area contributed by atoms with Gasteiger partial charge in [0.05, 0.1) is 15.5 Å². The highest BCUT2D eigenvalue weighted by Crippen LogP contribution is 2.33. The molecule has 1 aliphatic heterocycles. The fourth-order valence-corrected chi connectivity index (χ4v) is 3.52. The first kappa shape index (κ1) is 18.3. The minimum atomic E-state index is -1.13. The second-order valence-electron chi connectivity index (χ2n) is 5.54. The monoisotopic (exact) mass is 391 g/mol. The predicted molar refractivity (Wildman–Crippen MR) is 99.1 cm³/mol. The van der Waals surface area contributed by atoms with Gasteiger partial charge in [0.1, 0.15) is 11.5 Å². The highest BCUT2D eigenvalue weighted by atomic mass is 35.5. The van der Waals surface area contributed by atoms with E-state index in [2.05, 4.69) is 0 Å². The van der Waals surface area contributed by atoms with Gasteiger partial charge in [0.15, 0.2) is 0 Å². The summed E-state index contributed by atoms with van der Waals surface area (Å²) in [6.45, 7) is 2.28. The van der Waals surface area contributed by atoms with E-state index in [0.717, 1.165) is 11.8 Å². The summed E-state index contributed by atoms with van der Waals surface area (Å²) in [6.07, 6.45) is 2.21. The zero-order chi connectivity index (χ0) is 18.8. The molecule has 0 spiro atoms. The van der Waals surface area contributed by atoms with E-state index in [-0.39, 0.29) is 21.7 Å². The van der Waals surface area contributed by atoms with Crippen LogP contribution in [0.15, 0.2) is 39.7 Å². The Hall–Kier alpha value is -2.51. The normalized spacial score (nSPS) is 15.9. The van der Waals surface area contributed by atoms with E-state index < -0.39 is 5.97 Å². The quantitative estimate of drug-likeness (QED) is 0.740. The number of imide groups is 1. The summed E-state index contributed by atoms with van der Waals surface area (Å²) in [6, 6.07) is 7.86. The molecule has 1 fully saturated rings. The molecule has 0 bridgehead atoms. The van der Waals surface area contributed by atoms with Gasteiger partial charge in [0.2, 0.25) is 0 Å². The van der Waals surface area contributed by atoms with Crippen molar-refractivity contribution in [2.24, 2.45) is 0 Å². The molecule has 0 saturated carbocycles. The molecule has 0 unspecified atom stereocenters. The maximum absolute atomic E-state index is 12.2. The van der Waals surface area contributed by atoms with Crippen molar-refractivity contribution >= 4 is 46.6 Å². The average molecular weight is 392 g/mol. The smallest absolute Gasteiger partial charge is 0.337 e. The van der Waals surface area contributed by atoms with Crippen molar-refractivity contribution in [3.05, 3.63) is 51.6 Å². The van der Waals surface area contributed by atoms with Gasteiger partial charge >= 0.3 is 5.97 Å². The van der Waals surface area contributed by atoms with E-state index in [1.54, 1.807) is 18.2 Å². The van der Waals surface area contributed by atoms with Gasteiger partial charge in [-0.25, -0.2) is 4.79 Å². The second-order valence-corrected chi connectivity index (χ2v) is 6.94. The predicted octanol–water partition coefficient (Wildman–Crippen LogP) is 4.74. The molecular formula is C18H14ClNO5S. The van der Waals surface area contributed by atoms with Crippen molar-refractivity contribution in [2.45, 2.75) is 13.3 Å². The molecule has 134 valence electrons. The maximum Gasteiger partial charge on any atom is 0.337 e. The third kappa shape index (κ3) is 3.54. The zero-order valence-electron chi connectivity index (χ0n) is 13.7. The number of rotatable bonds is 5. The lowest BCUT2D eigenvalue weighted by molar-refractivity contribution is -0.122. The van der Waals surface area contributed by atoms with E-state index >= 15 is 0 Å². The first-order valence-electron chi connectivity index (χ1n) is 7.79. The Morgan fingerprint density at radius 3 is 2.77 bits per heavy atom. The number of hydrogen-bond donors (Lipinski definition) is 1. The molecule has 1 N–H and O–H groups in total. The molecule has 8 heteroatoms. The Labute approximate surface area is 158 Å². The Morgan fingerprint density at radius 2 is 2.08 bits per heavy atom. The lowest BCUT2D eigenvalue weighted by atomic mass is 10.1. The first-order valence-corrected chi connectivity index (χ1v) is 8.98. The number of carboxylic acid groups (broad SMARTS) is 1. The number of nitrogens with zero attached hydrogens (tertiary/aromatic N) is 1. The van der Waals surface area contributed by atoms with Crippen molar-refractivity contribution in [3.8, 4) is 11.3 Å². The number of hydrogen-bond acceptors (Lipinski definition) is 5. The Morgan fingerprint density at radius 1 is 1.31 bits per heavy atom. The van der Waals surface area contributed by atoms with Gasteiger partial charge < -0.3 is 9.52 Å². The number of benzene rings is 1. The third-order valence-electron chi connectivity index (χ3n) is 3.70. The number of carbonyl (C=O) groups excluding carboxylic acids is 2. The number of amides is 2. The molecule has 2 heterocycles. The second kappa shape index (κ2) is 7.39. The van der Waals surface area contributed by atoms with Crippen LogP contribution in [0, 0.1) is 0 Å². The van der Waals surface area contributed by atoms with Crippen LogP contribution in [0.1, 0.15) is 29.5 Å². The van der Waals surface area contributed by atoms with Crippen molar-refractivity contribution in [1.82, 2.24) is 4.90 Å². The molecule has 0 aliphatic carbocycles. The molecule has 1 aromatic carbocycles. The van der Waals surface area contributed by atoms with Crippen LogP contribution in [0.25, 0.3) is 17.4 Å². The molecule has 0 radical (unpaired) electrons. The molecule has 26 heavy (non-hydrogen) atoms. The number of halogens is 1. The van der Waals surface area contributed by atoms with Crippen LogP contribution in [0.4, 0.5) is 4.79 Å². The van der Waals surface area contributed by atoms with Crippen LogP contribution in [0.2, 0.25) is 5.02 Å². The lowest BCUT2D eigenvalue weighted by Crippen LogP contribution is -2.28. The van der Waals surface area contributed by atoms with Gasteiger partial charge in [-0.1, -0.05) is 18.5 Å². The molecular weight excluding hydrogens is 378 g/mol. The number of carbonyl (C=O) groups is 3. The Balaban J connectivity index is 1.87. The highest BCUT2D eigenvalue weighted by molar-refractivity contribution is 8.18. The first-order chi connectivity index (χ1) is 12.4.